The average molecular weight is 672 g/mol. The highest BCUT2D eigenvalue weighted by molar-refractivity contribution is 5.93. The van der Waals surface area contributed by atoms with E-state index in [0.717, 1.165) is 18.7 Å². The number of hydrogen-bond donors (Lipinski definition) is 2. The molecule has 8 atom stereocenters. The number of morpholine rings is 1. The van der Waals surface area contributed by atoms with Gasteiger partial charge in [-0.05, 0) is 49.8 Å². The SMILES string of the molecule is C=C[C@@]1(C)CC(=O)[C@]2(O)[C@@]3(C)[C@@H](O)CCC(C)(C)[C@@H]3[C@H](OC(=O)COC(=O)c3cccc(CN4CCOCC4)c3)[C@H](OC(C)=O)[C@@]2(C)O1. The molecule has 2 aliphatic heterocycles. The van der Waals surface area contributed by atoms with E-state index in [0.29, 0.717) is 26.2 Å². The Morgan fingerprint density at radius 3 is 2.44 bits per heavy atom. The first-order valence-electron chi connectivity index (χ1n) is 16.6. The quantitative estimate of drug-likeness (QED) is 0.237. The fourth-order valence-corrected chi connectivity index (χ4v) is 8.95. The number of carbonyl (C=O) groups is 4. The van der Waals surface area contributed by atoms with Crippen molar-refractivity contribution in [3.8, 4) is 0 Å². The third kappa shape index (κ3) is 6.00. The third-order valence-electron chi connectivity index (χ3n) is 11.3. The van der Waals surface area contributed by atoms with E-state index in [4.69, 9.17) is 23.7 Å². The van der Waals surface area contributed by atoms with Crippen molar-refractivity contribution in [1.82, 2.24) is 4.90 Å². The number of aliphatic hydroxyl groups is 2. The van der Waals surface area contributed by atoms with Crippen LogP contribution in [0.4, 0.5) is 0 Å². The lowest BCUT2D eigenvalue weighted by Crippen LogP contribution is -2.87. The summed E-state index contributed by atoms with van der Waals surface area (Å²) < 4.78 is 29.2. The normalized spacial score (nSPS) is 37.8. The van der Waals surface area contributed by atoms with E-state index in [2.05, 4.69) is 11.5 Å². The second-order valence-corrected chi connectivity index (χ2v) is 15.0. The van der Waals surface area contributed by atoms with E-state index in [1.165, 1.54) is 19.9 Å². The minimum atomic E-state index is -2.36. The minimum Gasteiger partial charge on any atom is -0.455 e. The number of esters is 3. The van der Waals surface area contributed by atoms with Crippen LogP contribution in [-0.4, -0.2) is 107 Å². The van der Waals surface area contributed by atoms with Crippen LogP contribution >= 0.6 is 0 Å². The molecule has 0 amide bonds. The standard InChI is InChI=1S/C36H49NO11/c1-8-33(5)19-26(40)36(43)34(6)25(39)12-13-32(3,4)29(34)28(30(46-22(2)38)35(36,7)48-33)47-27(41)21-45-31(42)24-11-9-10-23(18-24)20-37-14-16-44-17-15-37/h8-11,18,25,28-30,39,43H,1,12-17,19-21H2,2-7H3/t25-,28-,29-,30-,33-,34-,35+,36-/m0/s1. The minimum absolute atomic E-state index is 0.237. The van der Waals surface area contributed by atoms with Gasteiger partial charge in [-0.2, -0.15) is 0 Å². The molecule has 2 aliphatic carbocycles. The number of aliphatic hydroxyl groups excluding tert-OH is 1. The molecule has 4 fully saturated rings. The molecule has 2 N–H and O–H groups in total. The molecule has 264 valence electrons. The van der Waals surface area contributed by atoms with Crippen LogP contribution in [0.3, 0.4) is 0 Å². The van der Waals surface area contributed by atoms with Crippen LogP contribution in [-0.2, 0) is 44.6 Å². The van der Waals surface area contributed by atoms with E-state index < -0.39 is 82.2 Å². The summed E-state index contributed by atoms with van der Waals surface area (Å²) in [7, 11) is 0. The highest BCUT2D eigenvalue weighted by Crippen LogP contribution is 2.67. The number of Topliss-reactive ketones (excluding diaryl/α,β-unsaturated/α-hetero) is 1. The highest BCUT2D eigenvalue weighted by Gasteiger charge is 2.82. The molecule has 1 aromatic rings. The summed E-state index contributed by atoms with van der Waals surface area (Å²) >= 11 is 0. The van der Waals surface area contributed by atoms with Crippen LogP contribution in [0.15, 0.2) is 36.9 Å². The van der Waals surface area contributed by atoms with Gasteiger partial charge in [0.25, 0.3) is 0 Å². The summed E-state index contributed by atoms with van der Waals surface area (Å²) in [6.45, 7) is 16.2. The number of hydrogen-bond acceptors (Lipinski definition) is 12. The summed E-state index contributed by atoms with van der Waals surface area (Å²) in [5.41, 5.74) is -6.77. The molecular formula is C36H49NO11. The van der Waals surface area contributed by atoms with Gasteiger partial charge in [0.05, 0.1) is 30.5 Å². The van der Waals surface area contributed by atoms with Crippen molar-refractivity contribution in [2.45, 2.75) is 102 Å². The largest absolute Gasteiger partial charge is 0.455 e. The fraction of sp³-hybridized carbons (Fsp3) is 0.667. The van der Waals surface area contributed by atoms with Gasteiger partial charge in [0.1, 0.15) is 11.7 Å². The molecule has 1 aromatic carbocycles. The number of fused-ring (bicyclic) bond motifs is 3. The summed E-state index contributed by atoms with van der Waals surface area (Å²) in [5.74, 6) is -3.91. The molecule has 0 bridgehead atoms. The molecule has 5 rings (SSSR count). The van der Waals surface area contributed by atoms with Gasteiger partial charge >= 0.3 is 17.9 Å². The molecule has 12 nitrogen and oxygen atoms in total. The number of rotatable bonds is 8. The maximum Gasteiger partial charge on any atom is 0.344 e. The molecule has 2 saturated carbocycles. The number of carbonyl (C=O) groups excluding carboxylic acids is 4. The Bertz CT molecular complexity index is 1450. The molecule has 0 aromatic heterocycles. The van der Waals surface area contributed by atoms with Crippen LogP contribution in [0.5, 0.6) is 0 Å². The molecule has 0 radical (unpaired) electrons. The topological polar surface area (TPSA) is 158 Å². The third-order valence-corrected chi connectivity index (χ3v) is 11.3. The Labute approximate surface area is 281 Å². The Hall–Kier alpha value is -3.16. The predicted octanol–water partition coefficient (Wildman–Crippen LogP) is 2.76. The summed E-state index contributed by atoms with van der Waals surface area (Å²) in [5, 5.41) is 24.3. The van der Waals surface area contributed by atoms with Gasteiger partial charge in [0, 0.05) is 44.3 Å². The fourth-order valence-electron chi connectivity index (χ4n) is 8.95. The monoisotopic (exact) mass is 671 g/mol. The molecular weight excluding hydrogens is 622 g/mol. The molecule has 12 heteroatoms. The van der Waals surface area contributed by atoms with Gasteiger partial charge in [-0.1, -0.05) is 39.0 Å². The first kappa shape index (κ1) is 36.1. The number of ether oxygens (including phenoxy) is 5. The van der Waals surface area contributed by atoms with Crippen molar-refractivity contribution in [2.75, 3.05) is 32.9 Å². The number of ketones is 1. The summed E-state index contributed by atoms with van der Waals surface area (Å²) in [6.07, 6.45) is -2.09. The van der Waals surface area contributed by atoms with Gasteiger partial charge < -0.3 is 33.9 Å². The van der Waals surface area contributed by atoms with Crippen LogP contribution in [0.2, 0.25) is 0 Å². The molecule has 2 saturated heterocycles. The lowest BCUT2D eigenvalue weighted by molar-refractivity contribution is -0.371. The van der Waals surface area contributed by atoms with Crippen molar-refractivity contribution in [2.24, 2.45) is 16.7 Å². The molecule has 48 heavy (non-hydrogen) atoms. The zero-order valence-electron chi connectivity index (χ0n) is 28.8. The van der Waals surface area contributed by atoms with Crippen LogP contribution < -0.4 is 0 Å². The lowest BCUT2D eigenvalue weighted by atomic mass is 9.39. The smallest absolute Gasteiger partial charge is 0.344 e. The first-order valence-corrected chi connectivity index (χ1v) is 16.6. The van der Waals surface area contributed by atoms with Gasteiger partial charge in [-0.3, -0.25) is 14.5 Å². The van der Waals surface area contributed by atoms with Crippen LogP contribution in [0.1, 0.15) is 76.7 Å². The number of benzene rings is 1. The Morgan fingerprint density at radius 2 is 1.79 bits per heavy atom. The zero-order chi connectivity index (χ0) is 35.3. The van der Waals surface area contributed by atoms with Crippen LogP contribution in [0.25, 0.3) is 0 Å². The van der Waals surface area contributed by atoms with Crippen molar-refractivity contribution in [3.05, 3.63) is 48.0 Å². The van der Waals surface area contributed by atoms with E-state index in [9.17, 15) is 29.4 Å². The lowest BCUT2D eigenvalue weighted by Gasteiger charge is -2.71. The Morgan fingerprint density at radius 1 is 1.10 bits per heavy atom. The van der Waals surface area contributed by atoms with Crippen LogP contribution in [0, 0.1) is 16.7 Å². The molecule has 2 heterocycles. The van der Waals surface area contributed by atoms with E-state index in [1.54, 1.807) is 32.0 Å². The van der Waals surface area contributed by atoms with Crippen molar-refractivity contribution < 1.29 is 53.1 Å². The maximum atomic E-state index is 14.2. The van der Waals surface area contributed by atoms with Crippen molar-refractivity contribution >= 4 is 23.7 Å². The zero-order valence-corrected chi connectivity index (χ0v) is 28.8. The molecule has 4 aliphatic rings. The van der Waals surface area contributed by atoms with Crippen molar-refractivity contribution in [3.63, 3.8) is 0 Å². The predicted molar refractivity (Wildman–Crippen MR) is 172 cm³/mol. The Kier molecular flexibility index (Phi) is 9.74. The van der Waals surface area contributed by atoms with Gasteiger partial charge in [0.15, 0.2) is 24.1 Å². The second-order valence-electron chi connectivity index (χ2n) is 15.0. The molecule has 0 spiro atoms. The first-order chi connectivity index (χ1) is 22.4. The van der Waals surface area contributed by atoms with Gasteiger partial charge in [-0.15, -0.1) is 6.58 Å². The molecule has 0 unspecified atom stereocenters. The maximum absolute atomic E-state index is 14.2. The van der Waals surface area contributed by atoms with E-state index >= 15 is 0 Å². The number of nitrogens with zero attached hydrogens (tertiary/aromatic N) is 1. The highest BCUT2D eigenvalue weighted by atomic mass is 16.6. The van der Waals surface area contributed by atoms with E-state index in [1.807, 2.05) is 19.9 Å². The summed E-state index contributed by atoms with van der Waals surface area (Å²) in [6, 6.07) is 6.97. The van der Waals surface area contributed by atoms with Gasteiger partial charge in [0.2, 0.25) is 0 Å². The van der Waals surface area contributed by atoms with E-state index in [-0.39, 0.29) is 18.4 Å². The van der Waals surface area contributed by atoms with Gasteiger partial charge in [-0.25, -0.2) is 9.59 Å². The average Bonchev–Trinajstić information content (AvgIpc) is 3.02. The van der Waals surface area contributed by atoms with Crippen molar-refractivity contribution in [1.29, 1.82) is 0 Å². The second kappa shape index (κ2) is 12.9. The Balaban J connectivity index is 1.45. The summed E-state index contributed by atoms with van der Waals surface area (Å²) in [4.78, 5) is 55.6.